The van der Waals surface area contributed by atoms with Crippen molar-refractivity contribution in [3.8, 4) is 10.6 Å². The van der Waals surface area contributed by atoms with Gasteiger partial charge in [0, 0.05) is 37.7 Å². The van der Waals surface area contributed by atoms with Crippen molar-refractivity contribution in [1.82, 2.24) is 9.56 Å². The molecule has 0 aromatic heterocycles. The van der Waals surface area contributed by atoms with Crippen LogP contribution in [0.4, 0.5) is 5.69 Å². The van der Waals surface area contributed by atoms with E-state index in [-0.39, 0.29) is 0 Å². The second kappa shape index (κ2) is 5.85. The van der Waals surface area contributed by atoms with Crippen LogP contribution in [0.25, 0.3) is 20.8 Å². The maximum absolute atomic E-state index is 5.04. The van der Waals surface area contributed by atoms with Crippen LogP contribution in [-0.2, 0) is 0 Å². The molecule has 1 aliphatic carbocycles. The Bertz CT molecular complexity index is 929. The predicted molar refractivity (Wildman–Crippen MR) is 102 cm³/mol. The van der Waals surface area contributed by atoms with Gasteiger partial charge in [0.05, 0.1) is 15.1 Å². The van der Waals surface area contributed by atoms with Gasteiger partial charge in [0.15, 0.2) is 5.69 Å². The highest BCUT2D eigenvalue weighted by molar-refractivity contribution is 7.21. The second-order valence-corrected chi connectivity index (χ2v) is 7.96. The zero-order chi connectivity index (χ0) is 15.9. The lowest BCUT2D eigenvalue weighted by Crippen LogP contribution is -2.29. The topological polar surface area (TPSA) is 19.1 Å². The Labute approximate surface area is 146 Å². The summed E-state index contributed by atoms with van der Waals surface area (Å²) in [6.45, 7) is 4.71. The Balaban J connectivity index is 1.70. The Kier molecular flexibility index (Phi) is 3.51. The van der Waals surface area contributed by atoms with Gasteiger partial charge in [-0.25, -0.2) is 9.56 Å². The lowest BCUT2D eigenvalue weighted by molar-refractivity contribution is 0.694. The first-order chi connectivity index (χ1) is 11.9. The van der Waals surface area contributed by atoms with Crippen molar-refractivity contribution in [2.24, 2.45) is 0 Å². The fourth-order valence-corrected chi connectivity index (χ4v) is 5.03. The molecule has 2 saturated heterocycles. The van der Waals surface area contributed by atoms with Crippen LogP contribution >= 0.6 is 11.3 Å². The molecular formula is C20H22N3S+. The van der Waals surface area contributed by atoms with E-state index >= 15 is 0 Å². The molecule has 0 amide bonds. The lowest BCUT2D eigenvalue weighted by atomic mass is 10.2. The smallest absolute Gasteiger partial charge is 0.227 e. The molecular weight excluding hydrogens is 314 g/mol. The van der Waals surface area contributed by atoms with Crippen LogP contribution in [0.15, 0.2) is 36.4 Å². The highest BCUT2D eigenvalue weighted by atomic mass is 32.1. The van der Waals surface area contributed by atoms with E-state index in [1.165, 1.54) is 65.1 Å². The highest BCUT2D eigenvalue weighted by Crippen LogP contribution is 2.32. The third kappa shape index (κ3) is 2.40. The molecule has 4 aliphatic rings. The summed E-state index contributed by atoms with van der Waals surface area (Å²) in [6, 6.07) is 13.4. The minimum absolute atomic E-state index is 1.13. The molecule has 5 rings (SSSR count). The van der Waals surface area contributed by atoms with Crippen molar-refractivity contribution >= 4 is 27.2 Å². The largest absolute Gasteiger partial charge is 0.371 e. The second-order valence-electron chi connectivity index (χ2n) is 6.88. The number of rotatable bonds is 1. The minimum atomic E-state index is 1.13. The summed E-state index contributed by atoms with van der Waals surface area (Å²) in [4.78, 5) is 8.83. The molecule has 0 unspecified atom stereocenters. The summed E-state index contributed by atoms with van der Waals surface area (Å²) in [5, 5.41) is 1.31. The summed E-state index contributed by atoms with van der Waals surface area (Å²) < 4.78 is 3.79. The quantitative estimate of drug-likeness (QED) is 0.500. The summed E-state index contributed by atoms with van der Waals surface area (Å²) in [7, 11) is 0. The van der Waals surface area contributed by atoms with Gasteiger partial charge in [0.2, 0.25) is 5.36 Å². The van der Waals surface area contributed by atoms with Crippen LogP contribution in [0, 0.1) is 0 Å². The van der Waals surface area contributed by atoms with E-state index in [0.29, 0.717) is 0 Å². The fraction of sp³-hybridized carbons (Fsp3) is 0.400. The number of anilines is 1. The summed E-state index contributed by atoms with van der Waals surface area (Å²) in [5.41, 5.74) is 3.65. The molecule has 122 valence electrons. The molecule has 4 heteroatoms. The van der Waals surface area contributed by atoms with Gasteiger partial charge in [-0.3, -0.25) is 0 Å². The van der Waals surface area contributed by atoms with Gasteiger partial charge in [-0.1, -0.05) is 6.07 Å². The first-order valence-corrected chi connectivity index (χ1v) is 9.87. The van der Waals surface area contributed by atoms with Gasteiger partial charge in [0.1, 0.15) is 13.1 Å². The van der Waals surface area contributed by atoms with E-state index in [9.17, 15) is 0 Å². The fourth-order valence-electron chi connectivity index (χ4n) is 4.01. The Hall–Kier alpha value is -1.94. The van der Waals surface area contributed by atoms with Crippen molar-refractivity contribution in [2.45, 2.75) is 25.7 Å². The van der Waals surface area contributed by atoms with E-state index in [1.54, 1.807) is 0 Å². The van der Waals surface area contributed by atoms with Crippen LogP contribution in [-0.4, -0.2) is 31.2 Å². The van der Waals surface area contributed by atoms with Crippen LogP contribution in [0.5, 0.6) is 0 Å². The van der Waals surface area contributed by atoms with Gasteiger partial charge < -0.3 is 4.90 Å². The zero-order valence-corrected chi connectivity index (χ0v) is 14.7. The van der Waals surface area contributed by atoms with Crippen molar-refractivity contribution in [1.29, 1.82) is 0 Å². The summed E-state index contributed by atoms with van der Waals surface area (Å²) >= 11 is 1.88. The number of nitrogens with zero attached hydrogens (tertiary/aromatic N) is 3. The predicted octanol–water partition coefficient (Wildman–Crippen LogP) is 3.57. The highest BCUT2D eigenvalue weighted by Gasteiger charge is 2.20. The molecule has 3 heterocycles. The van der Waals surface area contributed by atoms with Gasteiger partial charge in [-0.2, -0.15) is 0 Å². The number of hydrogen-bond donors (Lipinski definition) is 0. The van der Waals surface area contributed by atoms with Crippen LogP contribution < -0.4 is 14.8 Å². The Morgan fingerprint density at radius 2 is 1.79 bits per heavy atom. The molecule has 3 aliphatic heterocycles. The molecule has 24 heavy (non-hydrogen) atoms. The molecule has 0 atom stereocenters. The third-order valence-electron chi connectivity index (χ3n) is 5.29. The molecule has 0 spiro atoms. The van der Waals surface area contributed by atoms with Crippen molar-refractivity contribution < 1.29 is 0 Å². The van der Waals surface area contributed by atoms with E-state index in [2.05, 4.69) is 45.9 Å². The van der Waals surface area contributed by atoms with Gasteiger partial charge in [0.25, 0.3) is 0 Å². The number of para-hydroxylation sites is 1. The molecule has 0 radical (unpaired) electrons. The third-order valence-corrected chi connectivity index (χ3v) is 6.39. The van der Waals surface area contributed by atoms with Crippen molar-refractivity contribution in [3.05, 3.63) is 41.8 Å². The maximum atomic E-state index is 5.04. The number of benzene rings is 2. The monoisotopic (exact) mass is 336 g/mol. The molecule has 1 aromatic rings. The van der Waals surface area contributed by atoms with Gasteiger partial charge >= 0.3 is 0 Å². The average molecular weight is 336 g/mol. The normalized spacial score (nSPS) is 18.2. The first kappa shape index (κ1) is 14.4. The van der Waals surface area contributed by atoms with E-state index < -0.39 is 0 Å². The standard InChI is InChI=1S/C20H22N3S/c1-2-11-22(10-1)15-8-9-16-19(14-15)24-18-7-5-6-17(20(18)21-16)23-12-3-4-13-23/h5-9,14H,1-4,10-13H2/q+1. The van der Waals surface area contributed by atoms with Crippen LogP contribution in [0.3, 0.4) is 0 Å². The van der Waals surface area contributed by atoms with Crippen molar-refractivity contribution in [2.75, 3.05) is 31.1 Å². The molecule has 3 nitrogen and oxygen atoms in total. The SMILES string of the molecule is c1cc2sc3cc(N4CCCC4)ccc3nc-2c(=[N+]2CCCC2)c1. The molecule has 1 aromatic carbocycles. The average Bonchev–Trinajstić information content (AvgIpc) is 3.32. The maximum Gasteiger partial charge on any atom is 0.227 e. The van der Waals surface area contributed by atoms with Gasteiger partial charge in [-0.05, 0) is 37.1 Å². The zero-order valence-electron chi connectivity index (χ0n) is 13.9. The van der Waals surface area contributed by atoms with Crippen molar-refractivity contribution in [3.63, 3.8) is 0 Å². The Morgan fingerprint density at radius 1 is 0.958 bits per heavy atom. The van der Waals surface area contributed by atoms with E-state index in [1.807, 2.05) is 11.3 Å². The molecule has 0 saturated carbocycles. The number of hydrogen-bond acceptors (Lipinski definition) is 3. The van der Waals surface area contributed by atoms with Gasteiger partial charge in [-0.15, -0.1) is 11.3 Å². The number of fused-ring (bicyclic) bond motifs is 2. The number of aromatic nitrogens is 1. The molecule has 2 fully saturated rings. The van der Waals surface area contributed by atoms with Crippen LogP contribution in [0.1, 0.15) is 25.7 Å². The Morgan fingerprint density at radius 3 is 2.62 bits per heavy atom. The molecule has 0 bridgehead atoms. The lowest BCUT2D eigenvalue weighted by Gasteiger charge is -2.18. The van der Waals surface area contributed by atoms with E-state index in [0.717, 1.165) is 18.6 Å². The molecule has 0 N–H and O–H groups in total. The summed E-state index contributed by atoms with van der Waals surface area (Å²) in [5.74, 6) is 0. The van der Waals surface area contributed by atoms with Crippen LogP contribution in [0.2, 0.25) is 0 Å². The van der Waals surface area contributed by atoms with E-state index in [4.69, 9.17) is 4.98 Å². The first-order valence-electron chi connectivity index (χ1n) is 9.05. The summed E-state index contributed by atoms with van der Waals surface area (Å²) in [6.07, 6.45) is 5.23. The minimum Gasteiger partial charge on any atom is -0.371 e.